The smallest absolute Gasteiger partial charge is 0.411 e. The summed E-state index contributed by atoms with van der Waals surface area (Å²) in [6, 6.07) is 3.44. The van der Waals surface area contributed by atoms with Crippen LogP contribution in [0.2, 0.25) is 5.02 Å². The van der Waals surface area contributed by atoms with Crippen LogP contribution in [0.1, 0.15) is 32.8 Å². The van der Waals surface area contributed by atoms with Crippen molar-refractivity contribution in [1.82, 2.24) is 9.80 Å². The summed E-state index contributed by atoms with van der Waals surface area (Å²) in [6.45, 7) is 5.14. The van der Waals surface area contributed by atoms with Crippen LogP contribution in [-0.4, -0.2) is 58.2 Å². The van der Waals surface area contributed by atoms with Crippen LogP contribution in [0.4, 0.5) is 9.18 Å². The van der Waals surface area contributed by atoms with Gasteiger partial charge >= 0.3 is 6.09 Å². The molecular formula is C18H24ClFN2O4. The van der Waals surface area contributed by atoms with Gasteiger partial charge in [-0.05, 0) is 32.9 Å². The van der Waals surface area contributed by atoms with Crippen molar-refractivity contribution in [3.63, 3.8) is 0 Å². The third-order valence-electron chi connectivity index (χ3n) is 4.03. The molecule has 6 nitrogen and oxygen atoms in total. The Labute approximate surface area is 157 Å². The van der Waals surface area contributed by atoms with E-state index in [4.69, 9.17) is 16.3 Å². The number of carbonyl (C=O) groups excluding carboxylic acids is 2. The molecule has 1 fully saturated rings. The number of carbonyl (C=O) groups is 2. The zero-order chi connectivity index (χ0) is 19.6. The van der Waals surface area contributed by atoms with Crippen LogP contribution in [0.3, 0.4) is 0 Å². The maximum absolute atomic E-state index is 14.0. The Morgan fingerprint density at radius 1 is 1.42 bits per heavy atom. The minimum absolute atomic E-state index is 0.0135. The van der Waals surface area contributed by atoms with Crippen molar-refractivity contribution in [3.8, 4) is 0 Å². The van der Waals surface area contributed by atoms with Gasteiger partial charge in [0.2, 0.25) is 5.91 Å². The number of likely N-dealkylation sites (tertiary alicyclic amines) is 1. The van der Waals surface area contributed by atoms with E-state index >= 15 is 0 Å². The molecule has 1 N–H and O–H groups in total. The summed E-state index contributed by atoms with van der Waals surface area (Å²) in [5, 5.41) is 10.1. The number of β-amino-alcohol motifs (C(OH)–C–C–N with tert-alkyl or cyclic N) is 1. The van der Waals surface area contributed by atoms with Gasteiger partial charge in [-0.25, -0.2) is 9.18 Å². The van der Waals surface area contributed by atoms with E-state index in [9.17, 15) is 19.1 Å². The Kier molecular flexibility index (Phi) is 6.13. The largest absolute Gasteiger partial charge is 0.444 e. The molecular weight excluding hydrogens is 363 g/mol. The number of rotatable bonds is 3. The number of benzene rings is 1. The molecule has 2 atom stereocenters. The van der Waals surface area contributed by atoms with Crippen molar-refractivity contribution in [2.75, 3.05) is 13.6 Å². The van der Waals surface area contributed by atoms with Gasteiger partial charge in [-0.15, -0.1) is 0 Å². The second kappa shape index (κ2) is 7.80. The average molecular weight is 387 g/mol. The number of amides is 2. The van der Waals surface area contributed by atoms with Gasteiger partial charge in [0, 0.05) is 30.6 Å². The predicted molar refractivity (Wildman–Crippen MR) is 95.2 cm³/mol. The van der Waals surface area contributed by atoms with E-state index in [1.165, 1.54) is 29.0 Å². The molecule has 144 valence electrons. The second-order valence-corrected chi connectivity index (χ2v) is 7.84. The third-order valence-corrected chi connectivity index (χ3v) is 4.38. The predicted octanol–water partition coefficient (Wildman–Crippen LogP) is 2.81. The fourth-order valence-electron chi connectivity index (χ4n) is 2.82. The van der Waals surface area contributed by atoms with Gasteiger partial charge < -0.3 is 14.7 Å². The van der Waals surface area contributed by atoms with E-state index in [0.29, 0.717) is 0 Å². The number of likely N-dealkylation sites (N-methyl/N-ethyl adjacent to an activating group) is 1. The van der Waals surface area contributed by atoms with Crippen molar-refractivity contribution >= 4 is 23.6 Å². The Balaban J connectivity index is 2.14. The van der Waals surface area contributed by atoms with Crippen LogP contribution in [-0.2, 0) is 16.1 Å². The van der Waals surface area contributed by atoms with Gasteiger partial charge in [0.25, 0.3) is 0 Å². The molecule has 0 radical (unpaired) electrons. The Morgan fingerprint density at radius 3 is 2.65 bits per heavy atom. The molecule has 26 heavy (non-hydrogen) atoms. The molecule has 2 unspecified atom stereocenters. The zero-order valence-electron chi connectivity index (χ0n) is 15.3. The van der Waals surface area contributed by atoms with Crippen molar-refractivity contribution in [2.45, 2.75) is 51.5 Å². The molecule has 0 aliphatic carbocycles. The highest BCUT2D eigenvalue weighted by Crippen LogP contribution is 2.25. The Bertz CT molecular complexity index is 672. The fraction of sp³-hybridized carbons (Fsp3) is 0.556. The summed E-state index contributed by atoms with van der Waals surface area (Å²) in [5.41, 5.74) is -0.516. The first-order valence-electron chi connectivity index (χ1n) is 8.35. The molecule has 1 saturated heterocycles. The number of hydrogen-bond acceptors (Lipinski definition) is 4. The number of hydrogen-bond donors (Lipinski definition) is 1. The van der Waals surface area contributed by atoms with Gasteiger partial charge in [-0.2, -0.15) is 0 Å². The molecule has 1 aliphatic rings. The third kappa shape index (κ3) is 4.86. The van der Waals surface area contributed by atoms with E-state index in [1.54, 1.807) is 26.8 Å². The van der Waals surface area contributed by atoms with Gasteiger partial charge in [0.1, 0.15) is 17.5 Å². The molecule has 0 aromatic heterocycles. The fourth-order valence-corrected chi connectivity index (χ4v) is 3.05. The highest BCUT2D eigenvalue weighted by molar-refractivity contribution is 6.31. The molecule has 0 bridgehead atoms. The second-order valence-electron chi connectivity index (χ2n) is 7.43. The number of aliphatic hydroxyl groups is 1. The lowest BCUT2D eigenvalue weighted by atomic mass is 10.1. The molecule has 0 saturated carbocycles. The van der Waals surface area contributed by atoms with Crippen LogP contribution in [0.5, 0.6) is 0 Å². The maximum Gasteiger partial charge on any atom is 0.411 e. The Hall–Kier alpha value is -1.86. The Morgan fingerprint density at radius 2 is 2.08 bits per heavy atom. The van der Waals surface area contributed by atoms with Gasteiger partial charge in [0.15, 0.2) is 0 Å². The summed E-state index contributed by atoms with van der Waals surface area (Å²) >= 11 is 6.01. The molecule has 2 rings (SSSR count). The summed E-state index contributed by atoms with van der Waals surface area (Å²) in [4.78, 5) is 27.7. The van der Waals surface area contributed by atoms with Gasteiger partial charge in [-0.1, -0.05) is 17.7 Å². The SMILES string of the molecule is CN(Cc1c(F)cccc1Cl)C(=O)C1CC(O)CN1C(=O)OC(C)(C)C. The molecule has 1 aromatic carbocycles. The highest BCUT2D eigenvalue weighted by Gasteiger charge is 2.42. The molecule has 8 heteroatoms. The topological polar surface area (TPSA) is 70.1 Å². The zero-order valence-corrected chi connectivity index (χ0v) is 16.1. The number of aliphatic hydroxyl groups excluding tert-OH is 1. The quantitative estimate of drug-likeness (QED) is 0.867. The van der Waals surface area contributed by atoms with Crippen LogP contribution in [0.25, 0.3) is 0 Å². The number of nitrogens with zero attached hydrogens (tertiary/aromatic N) is 2. The molecule has 1 aliphatic heterocycles. The lowest BCUT2D eigenvalue weighted by Gasteiger charge is -2.30. The minimum Gasteiger partial charge on any atom is -0.444 e. The molecule has 1 aromatic rings. The van der Waals surface area contributed by atoms with Crippen LogP contribution < -0.4 is 0 Å². The van der Waals surface area contributed by atoms with Crippen LogP contribution in [0.15, 0.2) is 18.2 Å². The summed E-state index contributed by atoms with van der Waals surface area (Å²) in [6.07, 6.45) is -1.38. The summed E-state index contributed by atoms with van der Waals surface area (Å²) in [7, 11) is 1.50. The van der Waals surface area contributed by atoms with E-state index in [0.717, 1.165) is 0 Å². The molecule has 0 spiro atoms. The molecule has 1 heterocycles. The first-order chi connectivity index (χ1) is 12.0. The first kappa shape index (κ1) is 20.5. The van der Waals surface area contributed by atoms with E-state index in [2.05, 4.69) is 0 Å². The van der Waals surface area contributed by atoms with Gasteiger partial charge in [0.05, 0.1) is 12.6 Å². The van der Waals surface area contributed by atoms with Gasteiger partial charge in [-0.3, -0.25) is 9.69 Å². The standard InChI is InChI=1S/C18H24ClFN2O4/c1-18(2,3)26-17(25)22-9-11(23)8-15(22)16(24)21(4)10-12-13(19)6-5-7-14(12)20/h5-7,11,15,23H,8-10H2,1-4H3. The van der Waals surface area contributed by atoms with Crippen LogP contribution in [0, 0.1) is 5.82 Å². The van der Waals surface area contributed by atoms with E-state index in [1.807, 2.05) is 0 Å². The lowest BCUT2D eigenvalue weighted by Crippen LogP contribution is -2.48. The van der Waals surface area contributed by atoms with Crippen molar-refractivity contribution < 1.29 is 23.8 Å². The normalized spacial score (nSPS) is 20.2. The van der Waals surface area contributed by atoms with Crippen molar-refractivity contribution in [3.05, 3.63) is 34.6 Å². The number of halogens is 2. The minimum atomic E-state index is -0.865. The molecule has 2 amide bonds. The average Bonchev–Trinajstić information content (AvgIpc) is 2.90. The van der Waals surface area contributed by atoms with E-state index < -0.39 is 35.6 Å². The summed E-state index contributed by atoms with van der Waals surface area (Å²) in [5.74, 6) is -0.917. The lowest BCUT2D eigenvalue weighted by molar-refractivity contribution is -0.135. The summed E-state index contributed by atoms with van der Waals surface area (Å²) < 4.78 is 19.3. The van der Waals surface area contributed by atoms with E-state index in [-0.39, 0.29) is 30.1 Å². The van der Waals surface area contributed by atoms with Crippen molar-refractivity contribution in [2.24, 2.45) is 0 Å². The monoisotopic (exact) mass is 386 g/mol. The number of ether oxygens (including phenoxy) is 1. The maximum atomic E-state index is 14.0. The van der Waals surface area contributed by atoms with Crippen LogP contribution >= 0.6 is 11.6 Å². The van der Waals surface area contributed by atoms with Crippen molar-refractivity contribution in [1.29, 1.82) is 0 Å². The first-order valence-corrected chi connectivity index (χ1v) is 8.73. The highest BCUT2D eigenvalue weighted by atomic mass is 35.5.